The molecule has 1 N–H and O–H groups in total. The van der Waals surface area contributed by atoms with Crippen LogP contribution in [0.3, 0.4) is 0 Å². The fourth-order valence-corrected chi connectivity index (χ4v) is 1.46. The molecule has 0 saturated heterocycles. The van der Waals surface area contributed by atoms with Crippen LogP contribution in [-0.2, 0) is 11.1 Å². The zero-order valence-corrected chi connectivity index (χ0v) is 7.77. The molecular formula is C8H6N2O3S. The van der Waals surface area contributed by atoms with Crippen molar-refractivity contribution in [3.63, 3.8) is 0 Å². The van der Waals surface area contributed by atoms with Crippen LogP contribution in [0.4, 0.5) is 0 Å². The lowest BCUT2D eigenvalue weighted by molar-refractivity contribution is 0.418. The van der Waals surface area contributed by atoms with Crippen LogP contribution in [0.25, 0.3) is 11.4 Å². The highest BCUT2D eigenvalue weighted by molar-refractivity contribution is 7.79. The van der Waals surface area contributed by atoms with E-state index in [1.807, 2.05) is 0 Å². The van der Waals surface area contributed by atoms with E-state index in [1.165, 1.54) is 6.39 Å². The Labute approximate surface area is 82.1 Å². The zero-order chi connectivity index (χ0) is 9.97. The van der Waals surface area contributed by atoms with Gasteiger partial charge in [0, 0.05) is 5.56 Å². The van der Waals surface area contributed by atoms with Gasteiger partial charge in [0.25, 0.3) is 0 Å². The van der Waals surface area contributed by atoms with Gasteiger partial charge in [-0.15, -0.1) is 0 Å². The molecule has 1 aromatic heterocycles. The topological polar surface area (TPSA) is 76.2 Å². The van der Waals surface area contributed by atoms with E-state index in [0.29, 0.717) is 16.3 Å². The summed E-state index contributed by atoms with van der Waals surface area (Å²) in [5, 5.41) is 3.62. The summed E-state index contributed by atoms with van der Waals surface area (Å²) in [6, 6.07) is 6.50. The molecule has 0 saturated carbocycles. The molecule has 2 rings (SSSR count). The van der Waals surface area contributed by atoms with E-state index in [2.05, 4.69) is 14.7 Å². The molecule has 1 atom stereocenters. The van der Waals surface area contributed by atoms with Gasteiger partial charge in [-0.3, -0.25) is 0 Å². The summed E-state index contributed by atoms with van der Waals surface area (Å²) in [7, 11) is 0. The molecule has 2 aromatic rings. The Kier molecular flexibility index (Phi) is 2.38. The highest BCUT2D eigenvalue weighted by Gasteiger charge is 2.05. The van der Waals surface area contributed by atoms with Crippen LogP contribution in [0.15, 0.2) is 40.1 Å². The SMILES string of the molecule is O=S(O)c1cccc(-c2ncon2)c1. The van der Waals surface area contributed by atoms with E-state index in [9.17, 15) is 4.21 Å². The van der Waals surface area contributed by atoms with Crippen molar-refractivity contribution < 1.29 is 13.3 Å². The fourth-order valence-electron chi connectivity index (χ4n) is 1.04. The second-order valence-corrected chi connectivity index (χ2v) is 3.50. The molecule has 0 aliphatic rings. The molecule has 0 bridgehead atoms. The molecule has 0 aliphatic heterocycles. The molecule has 5 nitrogen and oxygen atoms in total. The van der Waals surface area contributed by atoms with Crippen molar-refractivity contribution in [3.8, 4) is 11.4 Å². The molecule has 1 heterocycles. The molecule has 0 fully saturated rings. The van der Waals surface area contributed by atoms with Crippen molar-refractivity contribution >= 4 is 11.1 Å². The Morgan fingerprint density at radius 1 is 1.43 bits per heavy atom. The molecule has 6 heteroatoms. The van der Waals surface area contributed by atoms with E-state index >= 15 is 0 Å². The van der Waals surface area contributed by atoms with Crippen molar-refractivity contribution in [2.24, 2.45) is 0 Å². The molecule has 0 radical (unpaired) electrons. The number of rotatable bonds is 2. The van der Waals surface area contributed by atoms with Gasteiger partial charge in [0.2, 0.25) is 12.2 Å². The van der Waals surface area contributed by atoms with Crippen molar-refractivity contribution in [1.29, 1.82) is 0 Å². The van der Waals surface area contributed by atoms with Gasteiger partial charge in [0.1, 0.15) is 0 Å². The Morgan fingerprint density at radius 3 is 2.93 bits per heavy atom. The lowest BCUT2D eigenvalue weighted by Gasteiger charge is -1.96. The van der Waals surface area contributed by atoms with Gasteiger partial charge < -0.3 is 9.08 Å². The predicted octanol–water partition coefficient (Wildman–Crippen LogP) is 1.32. The number of nitrogens with zero attached hydrogens (tertiary/aromatic N) is 2. The first-order chi connectivity index (χ1) is 6.77. The third-order valence-electron chi connectivity index (χ3n) is 1.66. The first-order valence-corrected chi connectivity index (χ1v) is 4.86. The van der Waals surface area contributed by atoms with E-state index in [0.717, 1.165) is 0 Å². The highest BCUT2D eigenvalue weighted by Crippen LogP contribution is 2.17. The second-order valence-electron chi connectivity index (χ2n) is 2.53. The molecule has 0 spiro atoms. The average Bonchev–Trinajstić information content (AvgIpc) is 2.71. The smallest absolute Gasteiger partial charge is 0.214 e. The second kappa shape index (κ2) is 3.69. The van der Waals surface area contributed by atoms with Gasteiger partial charge in [-0.2, -0.15) is 4.98 Å². The minimum absolute atomic E-state index is 0.312. The maximum atomic E-state index is 10.8. The maximum absolute atomic E-state index is 10.8. The van der Waals surface area contributed by atoms with Crippen LogP contribution in [-0.4, -0.2) is 18.9 Å². The van der Waals surface area contributed by atoms with Gasteiger partial charge in [-0.25, -0.2) is 4.21 Å². The van der Waals surface area contributed by atoms with Gasteiger partial charge in [0.15, 0.2) is 11.1 Å². The number of hydrogen-bond donors (Lipinski definition) is 1. The summed E-state index contributed by atoms with van der Waals surface area (Å²) in [6.07, 6.45) is 1.21. The summed E-state index contributed by atoms with van der Waals surface area (Å²) in [5.41, 5.74) is 0.652. The molecular weight excluding hydrogens is 204 g/mol. The van der Waals surface area contributed by atoms with E-state index in [1.54, 1.807) is 24.3 Å². The van der Waals surface area contributed by atoms with E-state index in [-0.39, 0.29) is 0 Å². The third kappa shape index (κ3) is 1.70. The molecule has 72 valence electrons. The largest absolute Gasteiger partial charge is 0.342 e. The molecule has 0 aliphatic carbocycles. The highest BCUT2D eigenvalue weighted by atomic mass is 32.2. The molecule has 1 unspecified atom stereocenters. The quantitative estimate of drug-likeness (QED) is 0.756. The molecule has 14 heavy (non-hydrogen) atoms. The van der Waals surface area contributed by atoms with E-state index in [4.69, 9.17) is 4.55 Å². The Hall–Kier alpha value is -1.53. The monoisotopic (exact) mass is 210 g/mol. The van der Waals surface area contributed by atoms with Gasteiger partial charge in [0.05, 0.1) is 4.90 Å². The normalized spacial score (nSPS) is 12.6. The predicted molar refractivity (Wildman–Crippen MR) is 48.8 cm³/mol. The summed E-state index contributed by atoms with van der Waals surface area (Å²) in [4.78, 5) is 4.14. The lowest BCUT2D eigenvalue weighted by atomic mass is 10.2. The Bertz CT molecular complexity index is 455. The summed E-state index contributed by atoms with van der Waals surface area (Å²) in [6.45, 7) is 0. The molecule has 1 aromatic carbocycles. The van der Waals surface area contributed by atoms with E-state index < -0.39 is 11.1 Å². The maximum Gasteiger partial charge on any atom is 0.214 e. The van der Waals surface area contributed by atoms with Crippen molar-refractivity contribution in [3.05, 3.63) is 30.7 Å². The van der Waals surface area contributed by atoms with Gasteiger partial charge in [-0.05, 0) is 12.1 Å². The Morgan fingerprint density at radius 2 is 2.29 bits per heavy atom. The summed E-state index contributed by atoms with van der Waals surface area (Å²) >= 11 is -1.99. The zero-order valence-electron chi connectivity index (χ0n) is 6.95. The minimum atomic E-state index is -1.99. The number of benzene rings is 1. The number of aromatic nitrogens is 2. The van der Waals surface area contributed by atoms with Crippen LogP contribution in [0.2, 0.25) is 0 Å². The van der Waals surface area contributed by atoms with Crippen LogP contribution < -0.4 is 0 Å². The van der Waals surface area contributed by atoms with Crippen LogP contribution in [0, 0.1) is 0 Å². The van der Waals surface area contributed by atoms with Crippen molar-refractivity contribution in [2.75, 3.05) is 0 Å². The first-order valence-electron chi connectivity index (χ1n) is 3.75. The van der Waals surface area contributed by atoms with Gasteiger partial charge >= 0.3 is 0 Å². The lowest BCUT2D eigenvalue weighted by Crippen LogP contribution is -1.89. The third-order valence-corrected chi connectivity index (χ3v) is 2.31. The summed E-state index contributed by atoms with van der Waals surface area (Å²) < 4.78 is 24.2. The minimum Gasteiger partial charge on any atom is -0.342 e. The Balaban J connectivity index is 2.46. The standard InChI is InChI=1S/C8H6N2O3S/c11-14(12)7-3-1-2-6(4-7)8-9-5-13-10-8/h1-5H,(H,11,12). The van der Waals surface area contributed by atoms with Crippen molar-refractivity contribution in [1.82, 2.24) is 10.1 Å². The average molecular weight is 210 g/mol. The number of hydrogen-bond acceptors (Lipinski definition) is 4. The summed E-state index contributed by atoms with van der Waals surface area (Å²) in [5.74, 6) is 0.400. The fraction of sp³-hybridized carbons (Fsp3) is 0. The van der Waals surface area contributed by atoms with Crippen LogP contribution in [0.1, 0.15) is 0 Å². The first kappa shape index (κ1) is 9.04. The van der Waals surface area contributed by atoms with Crippen LogP contribution in [0.5, 0.6) is 0 Å². The van der Waals surface area contributed by atoms with Crippen LogP contribution >= 0.6 is 0 Å². The van der Waals surface area contributed by atoms with Gasteiger partial charge in [-0.1, -0.05) is 17.3 Å². The van der Waals surface area contributed by atoms with Crippen molar-refractivity contribution in [2.45, 2.75) is 4.90 Å². The molecule has 0 amide bonds.